The molecule has 2 aromatic carbocycles. The van der Waals surface area contributed by atoms with Gasteiger partial charge in [0.05, 0.1) is 23.9 Å². The second-order valence-corrected chi connectivity index (χ2v) is 5.26. The summed E-state index contributed by atoms with van der Waals surface area (Å²) < 4.78 is 44.4. The van der Waals surface area contributed by atoms with Crippen LogP contribution in [-0.4, -0.2) is 13.0 Å². The van der Waals surface area contributed by atoms with Crippen LogP contribution in [0.15, 0.2) is 46.9 Å². The van der Waals surface area contributed by atoms with Gasteiger partial charge in [-0.15, -0.1) is 0 Å². The Morgan fingerprint density at radius 3 is 2.50 bits per heavy atom. The van der Waals surface area contributed by atoms with Gasteiger partial charge in [0.2, 0.25) is 0 Å². The molecule has 0 bridgehead atoms. The molecule has 0 unspecified atom stereocenters. The standard InChI is InChI=1S/C15H11BrF3NO2/c1-22-13-7-6-9(16)8-10(13)14(21)20-12-5-3-2-4-11(12)15(17,18)19/h2-8H,1H3,(H,20,21). The van der Waals surface area contributed by atoms with Crippen LogP contribution in [-0.2, 0) is 6.18 Å². The van der Waals surface area contributed by atoms with Crippen LogP contribution < -0.4 is 10.1 Å². The lowest BCUT2D eigenvalue weighted by Crippen LogP contribution is -2.17. The molecular formula is C15H11BrF3NO2. The summed E-state index contributed by atoms with van der Waals surface area (Å²) in [4.78, 5) is 12.2. The lowest BCUT2D eigenvalue weighted by Gasteiger charge is -2.14. The molecule has 2 aromatic rings. The average Bonchev–Trinajstić information content (AvgIpc) is 2.46. The van der Waals surface area contributed by atoms with Crippen LogP contribution in [0.2, 0.25) is 0 Å². The number of carbonyl (C=O) groups excluding carboxylic acids is 1. The van der Waals surface area contributed by atoms with Crippen LogP contribution in [0.25, 0.3) is 0 Å². The highest BCUT2D eigenvalue weighted by atomic mass is 79.9. The molecule has 0 aliphatic heterocycles. The summed E-state index contributed by atoms with van der Waals surface area (Å²) in [7, 11) is 1.38. The van der Waals surface area contributed by atoms with E-state index in [0.29, 0.717) is 4.47 Å². The van der Waals surface area contributed by atoms with Gasteiger partial charge in [0.1, 0.15) is 5.75 Å². The Kier molecular flexibility index (Phi) is 4.75. The fourth-order valence-electron chi connectivity index (χ4n) is 1.89. The van der Waals surface area contributed by atoms with Crippen molar-refractivity contribution in [1.29, 1.82) is 0 Å². The Hall–Kier alpha value is -2.02. The highest BCUT2D eigenvalue weighted by Crippen LogP contribution is 2.35. The first kappa shape index (κ1) is 16.4. The number of rotatable bonds is 3. The zero-order valence-corrected chi connectivity index (χ0v) is 13.0. The van der Waals surface area contributed by atoms with Gasteiger partial charge in [0.25, 0.3) is 5.91 Å². The Balaban J connectivity index is 2.37. The predicted molar refractivity (Wildman–Crippen MR) is 80.1 cm³/mol. The van der Waals surface area contributed by atoms with Crippen molar-refractivity contribution in [3.8, 4) is 5.75 Å². The molecule has 0 saturated carbocycles. The Morgan fingerprint density at radius 2 is 1.86 bits per heavy atom. The molecule has 1 N–H and O–H groups in total. The van der Waals surface area contributed by atoms with Gasteiger partial charge in [-0.1, -0.05) is 28.1 Å². The number of para-hydroxylation sites is 1. The van der Waals surface area contributed by atoms with E-state index < -0.39 is 17.6 Å². The topological polar surface area (TPSA) is 38.3 Å². The molecule has 3 nitrogen and oxygen atoms in total. The van der Waals surface area contributed by atoms with Crippen molar-refractivity contribution in [2.24, 2.45) is 0 Å². The maximum atomic E-state index is 12.9. The number of nitrogens with one attached hydrogen (secondary N) is 1. The lowest BCUT2D eigenvalue weighted by molar-refractivity contribution is -0.136. The van der Waals surface area contributed by atoms with Crippen LogP contribution in [0.5, 0.6) is 5.75 Å². The third kappa shape index (κ3) is 3.59. The van der Waals surface area contributed by atoms with E-state index in [-0.39, 0.29) is 17.0 Å². The highest BCUT2D eigenvalue weighted by Gasteiger charge is 2.33. The number of amides is 1. The second kappa shape index (κ2) is 6.39. The van der Waals surface area contributed by atoms with Crippen LogP contribution in [0, 0.1) is 0 Å². The van der Waals surface area contributed by atoms with Gasteiger partial charge >= 0.3 is 6.18 Å². The fraction of sp³-hybridized carbons (Fsp3) is 0.133. The maximum Gasteiger partial charge on any atom is 0.418 e. The zero-order valence-electron chi connectivity index (χ0n) is 11.4. The first-order valence-electron chi connectivity index (χ1n) is 6.14. The molecule has 22 heavy (non-hydrogen) atoms. The van der Waals surface area contributed by atoms with Crippen molar-refractivity contribution in [3.05, 3.63) is 58.1 Å². The zero-order chi connectivity index (χ0) is 16.3. The summed E-state index contributed by atoms with van der Waals surface area (Å²) in [6.45, 7) is 0. The average molecular weight is 374 g/mol. The summed E-state index contributed by atoms with van der Waals surface area (Å²) in [6.07, 6.45) is -4.55. The van der Waals surface area contributed by atoms with E-state index in [1.54, 1.807) is 12.1 Å². The van der Waals surface area contributed by atoms with Gasteiger partial charge in [0.15, 0.2) is 0 Å². The molecule has 116 valence electrons. The van der Waals surface area contributed by atoms with Gasteiger partial charge in [0, 0.05) is 4.47 Å². The largest absolute Gasteiger partial charge is 0.496 e. The monoisotopic (exact) mass is 373 g/mol. The SMILES string of the molecule is COc1ccc(Br)cc1C(=O)Nc1ccccc1C(F)(F)F. The molecule has 0 aromatic heterocycles. The third-order valence-electron chi connectivity index (χ3n) is 2.89. The van der Waals surface area contributed by atoms with Gasteiger partial charge in [-0.2, -0.15) is 13.2 Å². The molecule has 7 heteroatoms. The molecule has 0 aliphatic rings. The number of benzene rings is 2. The molecule has 0 radical (unpaired) electrons. The first-order chi connectivity index (χ1) is 10.3. The molecule has 0 fully saturated rings. The molecule has 0 saturated heterocycles. The van der Waals surface area contributed by atoms with Crippen molar-refractivity contribution in [2.75, 3.05) is 12.4 Å². The molecule has 0 heterocycles. The van der Waals surface area contributed by atoms with Crippen LogP contribution >= 0.6 is 15.9 Å². The minimum absolute atomic E-state index is 0.133. The smallest absolute Gasteiger partial charge is 0.418 e. The summed E-state index contributed by atoms with van der Waals surface area (Å²) >= 11 is 3.21. The molecule has 2 rings (SSSR count). The lowest BCUT2D eigenvalue weighted by atomic mass is 10.1. The van der Waals surface area contributed by atoms with Crippen molar-refractivity contribution in [1.82, 2.24) is 0 Å². The Bertz CT molecular complexity index is 701. The summed E-state index contributed by atoms with van der Waals surface area (Å²) in [5.74, 6) is -0.417. The minimum Gasteiger partial charge on any atom is -0.496 e. The quantitative estimate of drug-likeness (QED) is 0.844. The van der Waals surface area contributed by atoms with Crippen LogP contribution in [0.3, 0.4) is 0 Å². The first-order valence-corrected chi connectivity index (χ1v) is 6.93. The van der Waals surface area contributed by atoms with Crippen molar-refractivity contribution < 1.29 is 22.7 Å². The minimum atomic E-state index is -4.55. The second-order valence-electron chi connectivity index (χ2n) is 4.34. The number of hydrogen-bond acceptors (Lipinski definition) is 2. The summed E-state index contributed by atoms with van der Waals surface area (Å²) in [5.41, 5.74) is -1.08. The van der Waals surface area contributed by atoms with Crippen LogP contribution in [0.1, 0.15) is 15.9 Å². The summed E-state index contributed by atoms with van der Waals surface area (Å²) in [5, 5.41) is 2.28. The third-order valence-corrected chi connectivity index (χ3v) is 3.38. The molecule has 0 aliphatic carbocycles. The number of methoxy groups -OCH3 is 1. The van der Waals surface area contributed by atoms with E-state index in [4.69, 9.17) is 4.74 Å². The van der Waals surface area contributed by atoms with Crippen molar-refractivity contribution >= 4 is 27.5 Å². The number of carbonyl (C=O) groups is 1. The normalized spacial score (nSPS) is 11.1. The molecular weight excluding hydrogens is 363 g/mol. The van der Waals surface area contributed by atoms with Crippen molar-refractivity contribution in [2.45, 2.75) is 6.18 Å². The molecule has 0 spiro atoms. The van der Waals surface area contributed by atoms with E-state index >= 15 is 0 Å². The maximum absolute atomic E-state index is 12.9. The predicted octanol–water partition coefficient (Wildman–Crippen LogP) is 4.73. The van der Waals surface area contributed by atoms with E-state index in [2.05, 4.69) is 21.2 Å². The number of halogens is 4. The van der Waals surface area contributed by atoms with Gasteiger partial charge < -0.3 is 10.1 Å². The van der Waals surface area contributed by atoms with E-state index in [1.165, 1.54) is 31.4 Å². The number of alkyl halides is 3. The molecule has 0 atom stereocenters. The molecule has 1 amide bonds. The van der Waals surface area contributed by atoms with Gasteiger partial charge in [-0.05, 0) is 30.3 Å². The number of ether oxygens (including phenoxy) is 1. The van der Waals surface area contributed by atoms with Gasteiger partial charge in [-0.3, -0.25) is 4.79 Å². The highest BCUT2D eigenvalue weighted by molar-refractivity contribution is 9.10. The number of hydrogen-bond donors (Lipinski definition) is 1. The Labute approximate surface area is 133 Å². The van der Waals surface area contributed by atoms with E-state index in [0.717, 1.165) is 6.07 Å². The fourth-order valence-corrected chi connectivity index (χ4v) is 2.25. The van der Waals surface area contributed by atoms with Crippen LogP contribution in [0.4, 0.5) is 18.9 Å². The van der Waals surface area contributed by atoms with Gasteiger partial charge in [-0.25, -0.2) is 0 Å². The summed E-state index contributed by atoms with van der Waals surface area (Å²) in [6, 6.07) is 9.48. The Morgan fingerprint density at radius 1 is 1.18 bits per heavy atom. The number of anilines is 1. The van der Waals surface area contributed by atoms with E-state index in [1.807, 2.05) is 0 Å². The van der Waals surface area contributed by atoms with Crippen molar-refractivity contribution in [3.63, 3.8) is 0 Å². The van der Waals surface area contributed by atoms with E-state index in [9.17, 15) is 18.0 Å².